The van der Waals surface area contributed by atoms with Crippen LogP contribution in [0.15, 0.2) is 28.9 Å². The quantitative estimate of drug-likeness (QED) is 0.609. The summed E-state index contributed by atoms with van der Waals surface area (Å²) in [5.74, 6) is -0.585. The summed E-state index contributed by atoms with van der Waals surface area (Å²) < 4.78 is 26.1. The number of nitro groups is 1. The number of hydrogen-bond donors (Lipinski definition) is 0. The zero-order valence-electron chi connectivity index (χ0n) is 11.2. The number of halogens is 2. The van der Waals surface area contributed by atoms with Crippen molar-refractivity contribution in [1.82, 2.24) is 9.55 Å². The van der Waals surface area contributed by atoms with Gasteiger partial charge < -0.3 is 19.6 Å². The Morgan fingerprint density at radius 2 is 2.41 bits per heavy atom. The second kappa shape index (κ2) is 6.01. The maximum Gasteiger partial charge on any atom is 0.414 e. The summed E-state index contributed by atoms with van der Waals surface area (Å²) in [6.45, 7) is 0.966. The van der Waals surface area contributed by atoms with Gasteiger partial charge in [-0.25, -0.2) is 4.39 Å². The summed E-state index contributed by atoms with van der Waals surface area (Å²) in [7, 11) is 0. The summed E-state index contributed by atoms with van der Waals surface area (Å²) in [4.78, 5) is 13.9. The molecule has 0 N–H and O–H groups in total. The first kappa shape index (κ1) is 14.9. The molecule has 1 aromatic carbocycles. The summed E-state index contributed by atoms with van der Waals surface area (Å²) in [6, 6.07) is 4.86. The van der Waals surface area contributed by atoms with Crippen LogP contribution >= 0.6 is 15.9 Å². The predicted molar refractivity (Wildman–Crippen MR) is 77.1 cm³/mol. The third-order valence-electron chi connectivity index (χ3n) is 3.18. The highest BCUT2D eigenvalue weighted by atomic mass is 79.9. The minimum absolute atomic E-state index is 0.219. The molecule has 2 heterocycles. The van der Waals surface area contributed by atoms with Crippen LogP contribution in [0.5, 0.6) is 6.01 Å². The molecule has 0 aliphatic carbocycles. The van der Waals surface area contributed by atoms with E-state index in [4.69, 9.17) is 9.47 Å². The van der Waals surface area contributed by atoms with E-state index in [9.17, 15) is 14.5 Å². The zero-order chi connectivity index (χ0) is 15.7. The normalized spacial score (nSPS) is 16.9. The standard InChI is InChI=1S/C13H11BrFN3O4/c14-10-3-8(1-2-11(10)15)6-21-9-4-17-5-12(18(19)20)16-13(17)22-7-9/h1-3,5,9H,4,6-7H2. The van der Waals surface area contributed by atoms with Gasteiger partial charge in [0.15, 0.2) is 0 Å². The molecule has 0 saturated heterocycles. The van der Waals surface area contributed by atoms with Crippen LogP contribution in [0.1, 0.15) is 5.56 Å². The van der Waals surface area contributed by atoms with E-state index < -0.39 is 4.92 Å². The Hall–Kier alpha value is -2.00. The Morgan fingerprint density at radius 1 is 1.59 bits per heavy atom. The lowest BCUT2D eigenvalue weighted by atomic mass is 10.2. The molecule has 1 aliphatic heterocycles. The second-order valence-electron chi connectivity index (χ2n) is 4.78. The maximum absolute atomic E-state index is 13.2. The first-order chi connectivity index (χ1) is 10.5. The lowest BCUT2D eigenvalue weighted by molar-refractivity contribution is -0.389. The van der Waals surface area contributed by atoms with E-state index in [0.717, 1.165) is 5.56 Å². The summed E-state index contributed by atoms with van der Waals surface area (Å²) >= 11 is 3.12. The molecular weight excluding hydrogens is 361 g/mol. The number of fused-ring (bicyclic) bond motifs is 1. The van der Waals surface area contributed by atoms with Crippen LogP contribution in [-0.4, -0.2) is 27.2 Å². The van der Waals surface area contributed by atoms with E-state index in [1.165, 1.54) is 12.3 Å². The largest absolute Gasteiger partial charge is 0.443 e. The van der Waals surface area contributed by atoms with Gasteiger partial charge in [-0.05, 0) is 38.5 Å². The van der Waals surface area contributed by atoms with Crippen molar-refractivity contribution in [1.29, 1.82) is 0 Å². The highest BCUT2D eigenvalue weighted by Gasteiger charge is 2.28. The molecule has 22 heavy (non-hydrogen) atoms. The smallest absolute Gasteiger partial charge is 0.414 e. The number of rotatable bonds is 4. The molecule has 2 aromatic rings. The minimum Gasteiger partial charge on any atom is -0.443 e. The van der Waals surface area contributed by atoms with Crippen molar-refractivity contribution in [2.75, 3.05) is 6.61 Å². The number of hydrogen-bond acceptors (Lipinski definition) is 5. The van der Waals surface area contributed by atoms with Gasteiger partial charge in [-0.3, -0.25) is 4.57 Å². The minimum atomic E-state index is -0.569. The predicted octanol–water partition coefficient (Wildman–Crippen LogP) is 2.67. The third kappa shape index (κ3) is 3.09. The topological polar surface area (TPSA) is 79.4 Å². The van der Waals surface area contributed by atoms with E-state index in [2.05, 4.69) is 20.9 Å². The van der Waals surface area contributed by atoms with Crippen LogP contribution < -0.4 is 4.74 Å². The van der Waals surface area contributed by atoms with Gasteiger partial charge in [-0.15, -0.1) is 0 Å². The average Bonchev–Trinajstić information content (AvgIpc) is 2.92. The molecular formula is C13H11BrFN3O4. The van der Waals surface area contributed by atoms with Crippen molar-refractivity contribution in [2.24, 2.45) is 0 Å². The SMILES string of the molecule is O=[N+]([O-])c1cn2c(n1)OCC(OCc1ccc(F)c(Br)c1)C2. The molecule has 0 radical (unpaired) electrons. The van der Waals surface area contributed by atoms with E-state index in [1.54, 1.807) is 16.7 Å². The second-order valence-corrected chi connectivity index (χ2v) is 5.64. The molecule has 116 valence electrons. The van der Waals surface area contributed by atoms with Crippen LogP contribution in [0.25, 0.3) is 0 Å². The summed E-state index contributed by atoms with van der Waals surface area (Å²) in [5, 5.41) is 10.7. The van der Waals surface area contributed by atoms with Gasteiger partial charge in [0.1, 0.15) is 24.7 Å². The van der Waals surface area contributed by atoms with Gasteiger partial charge in [0.2, 0.25) is 0 Å². The van der Waals surface area contributed by atoms with E-state index in [1.807, 2.05) is 0 Å². The molecule has 1 atom stereocenters. The van der Waals surface area contributed by atoms with E-state index in [0.29, 0.717) is 17.6 Å². The fourth-order valence-electron chi connectivity index (χ4n) is 2.10. The molecule has 0 amide bonds. The lowest BCUT2D eigenvalue weighted by Gasteiger charge is -2.22. The number of imidazole rings is 1. The average molecular weight is 372 g/mol. The number of aromatic nitrogens is 2. The Balaban J connectivity index is 1.62. The van der Waals surface area contributed by atoms with Crippen LogP contribution in [0.3, 0.4) is 0 Å². The third-order valence-corrected chi connectivity index (χ3v) is 3.79. The molecule has 0 bridgehead atoms. The maximum atomic E-state index is 13.2. The molecule has 0 fully saturated rings. The van der Waals surface area contributed by atoms with Gasteiger partial charge in [0.25, 0.3) is 0 Å². The molecule has 1 aliphatic rings. The zero-order valence-corrected chi connectivity index (χ0v) is 12.8. The molecule has 1 aromatic heterocycles. The lowest BCUT2D eigenvalue weighted by Crippen LogP contribution is -2.32. The molecule has 7 nitrogen and oxygen atoms in total. The van der Waals surface area contributed by atoms with E-state index >= 15 is 0 Å². The molecule has 9 heteroatoms. The molecule has 0 saturated carbocycles. The summed E-state index contributed by atoms with van der Waals surface area (Å²) in [5.41, 5.74) is 0.815. The monoisotopic (exact) mass is 371 g/mol. The Labute approximate surface area is 132 Å². The fourth-order valence-corrected chi connectivity index (χ4v) is 2.53. The fraction of sp³-hybridized carbons (Fsp3) is 0.308. The first-order valence-electron chi connectivity index (χ1n) is 6.43. The van der Waals surface area contributed by atoms with Gasteiger partial charge in [-0.2, -0.15) is 0 Å². The van der Waals surface area contributed by atoms with Gasteiger partial charge in [0, 0.05) is 4.98 Å². The Kier molecular flexibility index (Phi) is 4.08. The number of nitrogens with zero attached hydrogens (tertiary/aromatic N) is 3. The first-order valence-corrected chi connectivity index (χ1v) is 7.22. The summed E-state index contributed by atoms with van der Waals surface area (Å²) in [6.07, 6.45) is 1.06. The van der Waals surface area contributed by atoms with Crippen LogP contribution in [-0.2, 0) is 17.9 Å². The van der Waals surface area contributed by atoms with Crippen LogP contribution in [0.4, 0.5) is 10.2 Å². The number of benzene rings is 1. The Bertz CT molecular complexity index is 721. The van der Waals surface area contributed by atoms with Gasteiger partial charge in [-0.1, -0.05) is 6.07 Å². The van der Waals surface area contributed by atoms with Crippen molar-refractivity contribution in [3.63, 3.8) is 0 Å². The van der Waals surface area contributed by atoms with Crippen LogP contribution in [0, 0.1) is 15.9 Å². The molecule has 0 spiro atoms. The van der Waals surface area contributed by atoms with Crippen molar-refractivity contribution in [3.05, 3.63) is 50.4 Å². The van der Waals surface area contributed by atoms with Gasteiger partial charge in [0.05, 0.1) is 17.6 Å². The number of ether oxygens (including phenoxy) is 2. The Morgan fingerprint density at radius 3 is 3.14 bits per heavy atom. The highest BCUT2D eigenvalue weighted by Crippen LogP contribution is 2.23. The van der Waals surface area contributed by atoms with Crippen LogP contribution in [0.2, 0.25) is 0 Å². The van der Waals surface area contributed by atoms with Crippen molar-refractivity contribution in [2.45, 2.75) is 19.3 Å². The van der Waals surface area contributed by atoms with Crippen molar-refractivity contribution >= 4 is 21.7 Å². The highest BCUT2D eigenvalue weighted by molar-refractivity contribution is 9.10. The van der Waals surface area contributed by atoms with Gasteiger partial charge >= 0.3 is 11.8 Å². The molecule has 3 rings (SSSR count). The molecule has 1 unspecified atom stereocenters. The van der Waals surface area contributed by atoms with Crippen molar-refractivity contribution < 1.29 is 18.8 Å². The van der Waals surface area contributed by atoms with Crippen molar-refractivity contribution in [3.8, 4) is 6.01 Å². The van der Waals surface area contributed by atoms with E-state index in [-0.39, 0.29) is 30.4 Å².